The van der Waals surface area contributed by atoms with Crippen LogP contribution in [0.4, 0.5) is 0 Å². The van der Waals surface area contributed by atoms with Crippen LogP contribution in [-0.2, 0) is 28.6 Å². The molecule has 0 aromatic rings. The fourth-order valence-corrected chi connectivity index (χ4v) is 6.63. The van der Waals surface area contributed by atoms with Crippen molar-refractivity contribution in [3.05, 3.63) is 0 Å². The highest BCUT2D eigenvalue weighted by atomic mass is 16.6. The molecule has 0 fully saturated rings. The van der Waals surface area contributed by atoms with Crippen LogP contribution in [0.25, 0.3) is 0 Å². The van der Waals surface area contributed by atoms with E-state index in [2.05, 4.69) is 27.7 Å². The average molecular weight is 723 g/mol. The van der Waals surface area contributed by atoms with Gasteiger partial charge in [0.15, 0.2) is 6.10 Å². The highest BCUT2D eigenvalue weighted by molar-refractivity contribution is 5.71. The molecule has 0 unspecified atom stereocenters. The Morgan fingerprint density at radius 2 is 0.647 bits per heavy atom. The van der Waals surface area contributed by atoms with Crippen molar-refractivity contribution in [1.29, 1.82) is 0 Å². The largest absolute Gasteiger partial charge is 0.462 e. The Hall–Kier alpha value is -1.59. The summed E-state index contributed by atoms with van der Waals surface area (Å²) >= 11 is 0. The molecule has 0 aromatic heterocycles. The van der Waals surface area contributed by atoms with Gasteiger partial charge in [0.05, 0.1) is 0 Å². The van der Waals surface area contributed by atoms with E-state index in [9.17, 15) is 14.4 Å². The van der Waals surface area contributed by atoms with Crippen molar-refractivity contribution in [2.45, 2.75) is 252 Å². The molecule has 6 heteroatoms. The van der Waals surface area contributed by atoms with Gasteiger partial charge in [0.2, 0.25) is 0 Å². The Balaban J connectivity index is 4.22. The molecule has 1 atom stereocenters. The topological polar surface area (TPSA) is 78.9 Å². The van der Waals surface area contributed by atoms with Crippen LogP contribution in [0.5, 0.6) is 0 Å². The summed E-state index contributed by atoms with van der Waals surface area (Å²) in [5.41, 5.74) is 0. The van der Waals surface area contributed by atoms with Crippen LogP contribution in [0.3, 0.4) is 0 Å². The number of carbonyl (C=O) groups is 3. The fraction of sp³-hybridized carbons (Fsp3) is 0.933. The van der Waals surface area contributed by atoms with Gasteiger partial charge in [-0.25, -0.2) is 0 Å². The molecule has 0 heterocycles. The second-order valence-electron chi connectivity index (χ2n) is 15.8. The maximum Gasteiger partial charge on any atom is 0.306 e. The molecule has 0 aliphatic rings. The average Bonchev–Trinajstić information content (AvgIpc) is 3.11. The third-order valence-corrected chi connectivity index (χ3v) is 10.0. The van der Waals surface area contributed by atoms with E-state index in [-0.39, 0.29) is 31.1 Å². The first-order valence-electron chi connectivity index (χ1n) is 22.4. The van der Waals surface area contributed by atoms with Gasteiger partial charge < -0.3 is 14.2 Å². The lowest BCUT2D eigenvalue weighted by molar-refractivity contribution is -0.167. The predicted molar refractivity (Wildman–Crippen MR) is 215 cm³/mol. The van der Waals surface area contributed by atoms with Gasteiger partial charge in [0, 0.05) is 19.3 Å². The van der Waals surface area contributed by atoms with Crippen molar-refractivity contribution in [3.8, 4) is 0 Å². The van der Waals surface area contributed by atoms with Crippen molar-refractivity contribution < 1.29 is 28.6 Å². The molecule has 0 aliphatic heterocycles. The summed E-state index contributed by atoms with van der Waals surface area (Å²) < 4.78 is 16.6. The van der Waals surface area contributed by atoms with Crippen LogP contribution in [0, 0.1) is 5.92 Å². The van der Waals surface area contributed by atoms with Gasteiger partial charge in [-0.1, -0.05) is 207 Å². The van der Waals surface area contributed by atoms with E-state index in [0.717, 1.165) is 63.7 Å². The normalized spacial score (nSPS) is 11.9. The van der Waals surface area contributed by atoms with Crippen molar-refractivity contribution in [2.24, 2.45) is 5.92 Å². The molecule has 0 amide bonds. The van der Waals surface area contributed by atoms with Crippen LogP contribution in [0.1, 0.15) is 246 Å². The molecule has 0 bridgehead atoms. The van der Waals surface area contributed by atoms with Crippen molar-refractivity contribution >= 4 is 17.9 Å². The second kappa shape index (κ2) is 39.6. The number of hydrogen-bond donors (Lipinski definition) is 0. The number of hydrogen-bond acceptors (Lipinski definition) is 6. The van der Waals surface area contributed by atoms with E-state index < -0.39 is 6.10 Å². The zero-order valence-electron chi connectivity index (χ0n) is 34.6. The lowest BCUT2D eigenvalue weighted by Crippen LogP contribution is -2.30. The fourth-order valence-electron chi connectivity index (χ4n) is 6.63. The first-order valence-corrected chi connectivity index (χ1v) is 22.4. The quantitative estimate of drug-likeness (QED) is 0.0356. The minimum absolute atomic E-state index is 0.0644. The van der Waals surface area contributed by atoms with Crippen LogP contribution in [0.2, 0.25) is 0 Å². The minimum atomic E-state index is -0.757. The zero-order chi connectivity index (χ0) is 37.5. The Kier molecular flexibility index (Phi) is 38.4. The Morgan fingerprint density at radius 1 is 0.373 bits per heavy atom. The molecule has 0 N–H and O–H groups in total. The maximum atomic E-state index is 12.6. The maximum absolute atomic E-state index is 12.6. The molecule has 302 valence electrons. The molecular weight excluding hydrogens is 636 g/mol. The lowest BCUT2D eigenvalue weighted by atomic mass is 10.0. The van der Waals surface area contributed by atoms with Crippen LogP contribution >= 0.6 is 0 Å². The van der Waals surface area contributed by atoms with Gasteiger partial charge in [-0.3, -0.25) is 14.4 Å². The molecule has 51 heavy (non-hydrogen) atoms. The summed E-state index contributed by atoms with van der Waals surface area (Å²) in [6.45, 7) is 8.95. The number of carbonyl (C=O) groups excluding carboxylic acids is 3. The second-order valence-corrected chi connectivity index (χ2v) is 15.8. The number of esters is 3. The molecule has 0 saturated carbocycles. The van der Waals surface area contributed by atoms with Gasteiger partial charge in [0.1, 0.15) is 13.2 Å². The summed E-state index contributed by atoms with van der Waals surface area (Å²) in [5, 5.41) is 0. The molecule has 6 nitrogen and oxygen atoms in total. The first-order chi connectivity index (χ1) is 24.9. The van der Waals surface area contributed by atoms with E-state index in [4.69, 9.17) is 14.2 Å². The monoisotopic (exact) mass is 723 g/mol. The van der Waals surface area contributed by atoms with E-state index in [1.807, 2.05) is 0 Å². The van der Waals surface area contributed by atoms with E-state index >= 15 is 0 Å². The predicted octanol–water partition coefficient (Wildman–Crippen LogP) is 13.9. The highest BCUT2D eigenvalue weighted by Crippen LogP contribution is 2.16. The molecule has 0 rings (SSSR count). The minimum Gasteiger partial charge on any atom is -0.462 e. The van der Waals surface area contributed by atoms with Gasteiger partial charge in [-0.15, -0.1) is 0 Å². The Labute approximate surface area is 317 Å². The Morgan fingerprint density at radius 3 is 0.961 bits per heavy atom. The molecule has 0 aliphatic carbocycles. The van der Waals surface area contributed by atoms with Crippen LogP contribution in [0.15, 0.2) is 0 Å². The van der Waals surface area contributed by atoms with Gasteiger partial charge >= 0.3 is 17.9 Å². The lowest BCUT2D eigenvalue weighted by Gasteiger charge is -2.18. The third-order valence-electron chi connectivity index (χ3n) is 10.0. The SMILES string of the molecule is CCCCCCCCCCCCCC(=O)OC[C@H](COC(=O)CCCCCCCCCCCCCCC(C)C)OC(=O)CCCCCCCCC. The van der Waals surface area contributed by atoms with Crippen molar-refractivity contribution in [2.75, 3.05) is 13.2 Å². The van der Waals surface area contributed by atoms with Gasteiger partial charge in [0.25, 0.3) is 0 Å². The van der Waals surface area contributed by atoms with Gasteiger partial charge in [-0.2, -0.15) is 0 Å². The summed E-state index contributed by atoms with van der Waals surface area (Å²) in [7, 11) is 0. The van der Waals surface area contributed by atoms with Crippen molar-refractivity contribution in [3.63, 3.8) is 0 Å². The van der Waals surface area contributed by atoms with Crippen molar-refractivity contribution in [1.82, 2.24) is 0 Å². The highest BCUT2D eigenvalue weighted by Gasteiger charge is 2.19. The molecule has 0 spiro atoms. The summed E-state index contributed by atoms with van der Waals surface area (Å²) in [4.78, 5) is 37.5. The smallest absolute Gasteiger partial charge is 0.306 e. The summed E-state index contributed by atoms with van der Waals surface area (Å²) in [5.74, 6) is -0.0283. The molecule has 0 saturated heterocycles. The third kappa shape index (κ3) is 39.5. The standard InChI is InChI=1S/C45H86O6/c1-5-7-9-11-13-14-17-21-25-28-32-36-43(46)49-39-42(51-45(48)38-34-30-23-12-10-8-6-2)40-50-44(47)37-33-29-26-22-19-16-15-18-20-24-27-31-35-41(3)4/h41-42H,5-40H2,1-4H3/t42-/m1/s1. The van der Waals surface area contributed by atoms with E-state index in [1.165, 1.54) is 141 Å². The van der Waals surface area contributed by atoms with E-state index in [1.54, 1.807) is 0 Å². The van der Waals surface area contributed by atoms with Crippen LogP contribution in [-0.4, -0.2) is 37.2 Å². The molecule has 0 aromatic carbocycles. The first kappa shape index (κ1) is 49.4. The number of ether oxygens (including phenoxy) is 3. The zero-order valence-corrected chi connectivity index (χ0v) is 34.6. The Bertz CT molecular complexity index is 766. The van der Waals surface area contributed by atoms with Crippen LogP contribution < -0.4 is 0 Å². The summed E-state index contributed by atoms with van der Waals surface area (Å²) in [6, 6.07) is 0. The van der Waals surface area contributed by atoms with E-state index in [0.29, 0.717) is 19.3 Å². The molecule has 0 radical (unpaired) electrons. The van der Waals surface area contributed by atoms with Gasteiger partial charge in [-0.05, 0) is 25.2 Å². The molecular formula is C45H86O6. The number of unbranched alkanes of at least 4 members (excludes halogenated alkanes) is 27. The summed E-state index contributed by atoms with van der Waals surface area (Å²) in [6.07, 6.45) is 38.1. The number of rotatable bonds is 40.